The van der Waals surface area contributed by atoms with Crippen LogP contribution in [-0.2, 0) is 4.79 Å². The van der Waals surface area contributed by atoms with E-state index in [0.717, 1.165) is 19.3 Å². The lowest BCUT2D eigenvalue weighted by atomic mass is 9.76. The second-order valence-electron chi connectivity index (χ2n) is 11.2. The van der Waals surface area contributed by atoms with Gasteiger partial charge < -0.3 is 14.4 Å². The van der Waals surface area contributed by atoms with Crippen LogP contribution in [0, 0.1) is 27.4 Å². The first-order valence-electron chi connectivity index (χ1n) is 14.4. The Hall–Kier alpha value is -4.76. The molecule has 3 aromatic rings. The molecule has 3 fully saturated rings. The summed E-state index contributed by atoms with van der Waals surface area (Å²) in [7, 11) is 2.76. The highest BCUT2D eigenvalue weighted by Crippen LogP contribution is 2.57. The molecule has 0 spiro atoms. The molecule has 1 aromatic heterocycles. The van der Waals surface area contributed by atoms with Gasteiger partial charge in [-0.2, -0.15) is 5.26 Å². The number of carbonyl (C=O) groups excluding carboxylic acids is 3. The van der Waals surface area contributed by atoms with Crippen molar-refractivity contribution in [2.75, 3.05) is 14.2 Å². The maximum absolute atomic E-state index is 14.5. The van der Waals surface area contributed by atoms with Crippen LogP contribution >= 0.6 is 11.3 Å². The number of hydrogen-bond donors (Lipinski definition) is 0. The number of ketones is 1. The number of rotatable bonds is 8. The molecule has 3 heterocycles. The highest BCUT2D eigenvalue weighted by Gasteiger charge is 2.65. The van der Waals surface area contributed by atoms with Crippen LogP contribution in [0.15, 0.2) is 53.9 Å². The van der Waals surface area contributed by atoms with Crippen LogP contribution in [0.5, 0.6) is 11.5 Å². The summed E-state index contributed by atoms with van der Waals surface area (Å²) >= 11 is 1.23. The number of nitro groups is 1. The van der Waals surface area contributed by atoms with Gasteiger partial charge in [0.2, 0.25) is 0 Å². The fourth-order valence-electron chi connectivity index (χ4n) is 7.14. The minimum Gasteiger partial charge on any atom is -0.493 e. The van der Waals surface area contributed by atoms with E-state index in [4.69, 9.17) is 9.47 Å². The minimum absolute atomic E-state index is 0.0790. The zero-order valence-electron chi connectivity index (χ0n) is 24.2. The number of ether oxygens (including phenoxy) is 2. The molecule has 3 amide bonds. The number of Topliss-reactive ketones (excluding diaryl/α,β-unsaturated/α-hetero) is 1. The second kappa shape index (κ2) is 11.7. The van der Waals surface area contributed by atoms with Gasteiger partial charge in [0.05, 0.1) is 59.2 Å². The zero-order chi connectivity index (χ0) is 31.1. The molecule has 0 radical (unpaired) electrons. The summed E-state index contributed by atoms with van der Waals surface area (Å²) in [5.74, 6) is -2.32. The fourth-order valence-corrected chi connectivity index (χ4v) is 7.85. The lowest BCUT2D eigenvalue weighted by Crippen LogP contribution is -2.45. The molecule has 0 bridgehead atoms. The van der Waals surface area contributed by atoms with Gasteiger partial charge in [0.1, 0.15) is 6.04 Å². The third-order valence-electron chi connectivity index (χ3n) is 9.06. The van der Waals surface area contributed by atoms with Crippen LogP contribution < -0.4 is 9.47 Å². The van der Waals surface area contributed by atoms with Crippen LogP contribution in [0.1, 0.15) is 70.4 Å². The van der Waals surface area contributed by atoms with E-state index in [1.165, 1.54) is 47.5 Å². The number of amides is 3. The van der Waals surface area contributed by atoms with Crippen molar-refractivity contribution >= 4 is 34.7 Å². The molecular formula is C32H30N4O7S. The van der Waals surface area contributed by atoms with E-state index in [1.807, 2.05) is 0 Å². The van der Waals surface area contributed by atoms with Gasteiger partial charge in [0.15, 0.2) is 17.3 Å². The maximum Gasteiger partial charge on any atom is 0.328 e. The number of nitrogens with zero attached hydrogens (tertiary/aromatic N) is 4. The van der Waals surface area contributed by atoms with Crippen molar-refractivity contribution in [3.05, 3.63) is 85.6 Å². The molecule has 44 heavy (non-hydrogen) atoms. The average molecular weight is 615 g/mol. The van der Waals surface area contributed by atoms with E-state index in [0.29, 0.717) is 28.8 Å². The van der Waals surface area contributed by atoms with Gasteiger partial charge in [-0.05, 0) is 48.1 Å². The molecule has 11 nitrogen and oxygen atoms in total. The van der Waals surface area contributed by atoms with Crippen molar-refractivity contribution in [3.8, 4) is 17.6 Å². The van der Waals surface area contributed by atoms with E-state index >= 15 is 0 Å². The molecule has 1 saturated carbocycles. The molecule has 3 aliphatic rings. The van der Waals surface area contributed by atoms with Crippen LogP contribution in [0.3, 0.4) is 0 Å². The lowest BCUT2D eigenvalue weighted by molar-refractivity contribution is -0.386. The summed E-state index contributed by atoms with van der Waals surface area (Å²) in [5.41, 5.74) is 0.711. The molecule has 4 unspecified atom stereocenters. The third kappa shape index (κ3) is 4.68. The number of urea groups is 1. The van der Waals surface area contributed by atoms with Gasteiger partial charge in [-0.25, -0.2) is 4.79 Å². The standard InChI is InChI=1S/C32H30N4O7S/c1-42-23-15-21(22(36(40)41)16-24(23)43-2)28-27(30(37)25-9-6-14-44-25)26(19-12-10-18(17-33)11-13-19)29-31(38)34(32(39)35(28)29)20-7-4-3-5-8-20/h6,9-16,20,26-29H,3-5,7-8H2,1-2H3. The van der Waals surface area contributed by atoms with E-state index in [2.05, 4.69) is 6.07 Å². The van der Waals surface area contributed by atoms with Crippen LogP contribution in [0.4, 0.5) is 10.5 Å². The summed E-state index contributed by atoms with van der Waals surface area (Å²) in [6, 6.07) is 11.7. The maximum atomic E-state index is 14.5. The van der Waals surface area contributed by atoms with E-state index in [-0.39, 0.29) is 34.6 Å². The topological polar surface area (TPSA) is 143 Å². The third-order valence-corrected chi connectivity index (χ3v) is 9.95. The fraction of sp³-hybridized carbons (Fsp3) is 0.375. The van der Waals surface area contributed by atoms with Gasteiger partial charge in [-0.15, -0.1) is 11.3 Å². The average Bonchev–Trinajstić information content (AvgIpc) is 3.77. The lowest BCUT2D eigenvalue weighted by Gasteiger charge is -2.33. The molecule has 6 rings (SSSR count). The predicted molar refractivity (Wildman–Crippen MR) is 160 cm³/mol. The smallest absolute Gasteiger partial charge is 0.328 e. The molecule has 12 heteroatoms. The Labute approximate surface area is 257 Å². The number of methoxy groups -OCH3 is 2. The van der Waals surface area contributed by atoms with Crippen molar-refractivity contribution in [2.45, 2.75) is 56.1 Å². The highest BCUT2D eigenvalue weighted by atomic mass is 32.1. The quantitative estimate of drug-likeness (QED) is 0.133. The number of carbonyl (C=O) groups is 3. The molecule has 2 aromatic carbocycles. The first-order valence-corrected chi connectivity index (χ1v) is 15.3. The Morgan fingerprint density at radius 2 is 1.70 bits per heavy atom. The van der Waals surface area contributed by atoms with Gasteiger partial charge in [-0.3, -0.25) is 24.6 Å². The number of fused-ring (bicyclic) bond motifs is 1. The molecular weight excluding hydrogens is 584 g/mol. The summed E-state index contributed by atoms with van der Waals surface area (Å²) in [6.45, 7) is 0. The SMILES string of the molecule is COc1cc(C2C(C(=O)c3cccs3)C(c3ccc(C#N)cc3)C3C(=O)N(C4CCCCC4)C(=O)N32)c([N+](=O)[O-])cc1OC. The van der Waals surface area contributed by atoms with Gasteiger partial charge >= 0.3 is 6.03 Å². The number of nitro benzene ring substituents is 1. The Morgan fingerprint density at radius 3 is 2.30 bits per heavy atom. The molecule has 0 N–H and O–H groups in total. The number of hydrogen-bond acceptors (Lipinski definition) is 9. The first-order chi connectivity index (χ1) is 21.3. The summed E-state index contributed by atoms with van der Waals surface area (Å²) in [5, 5.41) is 23.7. The summed E-state index contributed by atoms with van der Waals surface area (Å²) < 4.78 is 10.9. The number of nitriles is 1. The molecule has 226 valence electrons. The number of thiophene rings is 1. The Balaban J connectivity index is 1.61. The normalized spacial score (nSPS) is 23.4. The predicted octanol–water partition coefficient (Wildman–Crippen LogP) is 5.85. The van der Waals surface area contributed by atoms with Crippen molar-refractivity contribution in [3.63, 3.8) is 0 Å². The molecule has 1 aliphatic carbocycles. The van der Waals surface area contributed by atoms with Gasteiger partial charge in [0.25, 0.3) is 11.6 Å². The van der Waals surface area contributed by atoms with Crippen molar-refractivity contribution < 1.29 is 28.8 Å². The minimum atomic E-state index is -1.17. The largest absolute Gasteiger partial charge is 0.493 e. The van der Waals surface area contributed by atoms with Crippen molar-refractivity contribution in [2.24, 2.45) is 5.92 Å². The Bertz CT molecular complexity index is 1660. The van der Waals surface area contributed by atoms with E-state index < -0.39 is 40.8 Å². The highest BCUT2D eigenvalue weighted by molar-refractivity contribution is 7.12. The van der Waals surface area contributed by atoms with E-state index in [9.17, 15) is 29.8 Å². The van der Waals surface area contributed by atoms with Crippen LogP contribution in [0.2, 0.25) is 0 Å². The number of benzene rings is 2. The monoisotopic (exact) mass is 614 g/mol. The zero-order valence-corrected chi connectivity index (χ0v) is 25.0. The summed E-state index contributed by atoms with van der Waals surface area (Å²) in [4.78, 5) is 58.4. The van der Waals surface area contributed by atoms with Gasteiger partial charge in [0, 0.05) is 12.0 Å². The van der Waals surface area contributed by atoms with Gasteiger partial charge in [-0.1, -0.05) is 37.5 Å². The summed E-state index contributed by atoms with van der Waals surface area (Å²) in [6.07, 6.45) is 4.15. The number of imide groups is 1. The Kier molecular flexibility index (Phi) is 7.82. The van der Waals surface area contributed by atoms with Crippen LogP contribution in [-0.4, -0.2) is 58.7 Å². The molecule has 2 aliphatic heterocycles. The van der Waals surface area contributed by atoms with Crippen molar-refractivity contribution in [1.82, 2.24) is 9.80 Å². The second-order valence-corrected chi connectivity index (χ2v) is 12.2. The van der Waals surface area contributed by atoms with Crippen molar-refractivity contribution in [1.29, 1.82) is 5.26 Å². The van der Waals surface area contributed by atoms with E-state index in [1.54, 1.807) is 41.8 Å². The first kappa shape index (κ1) is 29.3. The molecule has 4 atom stereocenters. The Morgan fingerprint density at radius 1 is 1.02 bits per heavy atom. The molecule has 2 saturated heterocycles. The van der Waals surface area contributed by atoms with Crippen LogP contribution in [0.25, 0.3) is 0 Å².